The monoisotopic (exact) mass is 349 g/mol. The molecule has 0 aliphatic rings. The van der Waals surface area contributed by atoms with Gasteiger partial charge in [0, 0.05) is 30.9 Å². The van der Waals surface area contributed by atoms with Gasteiger partial charge in [0.25, 0.3) is 5.56 Å². The van der Waals surface area contributed by atoms with Crippen LogP contribution in [0.4, 0.5) is 5.69 Å². The summed E-state index contributed by atoms with van der Waals surface area (Å²) in [6, 6.07) is 10.3. The van der Waals surface area contributed by atoms with Gasteiger partial charge >= 0.3 is 0 Å². The Morgan fingerprint density at radius 2 is 2.04 bits per heavy atom. The molecule has 0 radical (unpaired) electrons. The number of rotatable bonds is 8. The number of hydrogen-bond acceptors (Lipinski definition) is 4. The van der Waals surface area contributed by atoms with E-state index in [4.69, 9.17) is 16.3 Å². The molecule has 2 N–H and O–H groups in total. The van der Waals surface area contributed by atoms with Gasteiger partial charge in [-0.25, -0.2) is 0 Å². The van der Waals surface area contributed by atoms with Crippen molar-refractivity contribution < 1.29 is 9.53 Å². The van der Waals surface area contributed by atoms with Crippen LogP contribution in [0, 0.1) is 0 Å². The molecule has 1 amide bonds. The molecule has 2 rings (SSSR count). The molecule has 0 fully saturated rings. The quantitative estimate of drug-likeness (QED) is 0.712. The number of halogens is 1. The highest BCUT2D eigenvalue weighted by atomic mass is 35.5. The van der Waals surface area contributed by atoms with Crippen LogP contribution >= 0.6 is 11.6 Å². The molecule has 0 bridgehead atoms. The Morgan fingerprint density at radius 3 is 2.79 bits per heavy atom. The number of pyridine rings is 1. The fraction of sp³-hybridized carbons (Fsp3) is 0.294. The molecular formula is C17H20ClN3O3. The van der Waals surface area contributed by atoms with Gasteiger partial charge in [-0.1, -0.05) is 29.8 Å². The number of carbonyl (C=O) groups is 1. The third-order valence-electron chi connectivity index (χ3n) is 3.33. The summed E-state index contributed by atoms with van der Waals surface area (Å²) >= 11 is 6.13. The molecule has 0 unspecified atom stereocenters. The second-order valence-electron chi connectivity index (χ2n) is 5.19. The highest BCUT2D eigenvalue weighted by molar-refractivity contribution is 6.31. The third-order valence-corrected chi connectivity index (χ3v) is 3.70. The summed E-state index contributed by atoms with van der Waals surface area (Å²) in [5.74, 6) is -0.186. The Morgan fingerprint density at radius 1 is 1.25 bits per heavy atom. The summed E-state index contributed by atoms with van der Waals surface area (Å²) < 4.78 is 6.40. The van der Waals surface area contributed by atoms with Crippen molar-refractivity contribution in [3.05, 3.63) is 63.5 Å². The van der Waals surface area contributed by atoms with Gasteiger partial charge in [-0.05, 0) is 17.7 Å². The molecule has 24 heavy (non-hydrogen) atoms. The standard InChI is InChI=1S/C17H20ClN3O3/c1-24-9-8-19-10-16(22)20-14-6-7-17(23)21(12-14)11-13-4-2-3-5-15(13)18/h2-7,12,19H,8-11H2,1H3,(H,20,22). The number of nitrogens with one attached hydrogen (secondary N) is 2. The molecule has 0 saturated carbocycles. The van der Waals surface area contributed by atoms with Crippen LogP contribution in [0.15, 0.2) is 47.4 Å². The lowest BCUT2D eigenvalue weighted by Crippen LogP contribution is -2.30. The lowest BCUT2D eigenvalue weighted by Gasteiger charge is -2.11. The minimum Gasteiger partial charge on any atom is -0.383 e. The maximum atomic E-state index is 12.0. The second-order valence-corrected chi connectivity index (χ2v) is 5.60. The molecule has 0 atom stereocenters. The minimum atomic E-state index is -0.186. The van der Waals surface area contributed by atoms with Gasteiger partial charge in [-0.2, -0.15) is 0 Å². The predicted molar refractivity (Wildman–Crippen MR) is 94.6 cm³/mol. The van der Waals surface area contributed by atoms with Crippen LogP contribution in [-0.4, -0.2) is 37.3 Å². The Bertz CT molecular complexity index is 746. The van der Waals surface area contributed by atoms with Gasteiger partial charge in [0.1, 0.15) is 0 Å². The van der Waals surface area contributed by atoms with E-state index in [1.54, 1.807) is 25.4 Å². The fourth-order valence-corrected chi connectivity index (χ4v) is 2.32. The zero-order valence-corrected chi connectivity index (χ0v) is 14.2. The SMILES string of the molecule is COCCNCC(=O)Nc1ccc(=O)n(Cc2ccccc2Cl)c1. The molecule has 128 valence electrons. The molecule has 6 nitrogen and oxygen atoms in total. The van der Waals surface area contributed by atoms with Crippen molar-refractivity contribution in [2.75, 3.05) is 32.1 Å². The number of aromatic nitrogens is 1. The number of methoxy groups -OCH3 is 1. The normalized spacial score (nSPS) is 10.6. The first kappa shape index (κ1) is 18.2. The number of hydrogen-bond donors (Lipinski definition) is 2. The predicted octanol–water partition coefficient (Wildman–Crippen LogP) is 1.72. The van der Waals surface area contributed by atoms with Crippen molar-refractivity contribution >= 4 is 23.2 Å². The molecule has 1 heterocycles. The average molecular weight is 350 g/mol. The molecule has 0 aliphatic carbocycles. The van der Waals surface area contributed by atoms with E-state index in [1.165, 1.54) is 10.6 Å². The Hall–Kier alpha value is -2.15. The van der Waals surface area contributed by atoms with E-state index in [0.717, 1.165) is 5.56 Å². The van der Waals surface area contributed by atoms with Crippen LogP contribution in [0.1, 0.15) is 5.56 Å². The van der Waals surface area contributed by atoms with Crippen LogP contribution < -0.4 is 16.2 Å². The lowest BCUT2D eigenvalue weighted by atomic mass is 10.2. The zero-order valence-electron chi connectivity index (χ0n) is 13.4. The molecule has 7 heteroatoms. The number of nitrogens with zero attached hydrogens (tertiary/aromatic N) is 1. The van der Waals surface area contributed by atoms with Crippen molar-refractivity contribution in [2.24, 2.45) is 0 Å². The Labute approximate surface area is 145 Å². The van der Waals surface area contributed by atoms with Gasteiger partial charge in [-0.3, -0.25) is 9.59 Å². The van der Waals surface area contributed by atoms with Crippen molar-refractivity contribution in [2.45, 2.75) is 6.54 Å². The number of amides is 1. The van der Waals surface area contributed by atoms with E-state index in [2.05, 4.69) is 10.6 Å². The summed E-state index contributed by atoms with van der Waals surface area (Å²) in [4.78, 5) is 23.9. The molecule has 1 aromatic heterocycles. The summed E-state index contributed by atoms with van der Waals surface area (Å²) in [5.41, 5.74) is 1.23. The molecule has 0 saturated heterocycles. The molecule has 1 aromatic carbocycles. The van der Waals surface area contributed by atoms with Crippen LogP contribution in [0.5, 0.6) is 0 Å². The van der Waals surface area contributed by atoms with Crippen LogP contribution in [-0.2, 0) is 16.1 Å². The van der Waals surface area contributed by atoms with E-state index in [1.807, 2.05) is 18.2 Å². The van der Waals surface area contributed by atoms with Gasteiger partial charge in [0.15, 0.2) is 0 Å². The van der Waals surface area contributed by atoms with Crippen LogP contribution in [0.25, 0.3) is 0 Å². The number of ether oxygens (including phenoxy) is 1. The third kappa shape index (κ3) is 5.49. The Balaban J connectivity index is 2.02. The van der Waals surface area contributed by atoms with E-state index < -0.39 is 0 Å². The number of carbonyl (C=O) groups excluding carboxylic acids is 1. The molecule has 0 aliphatic heterocycles. The molecule has 2 aromatic rings. The second kappa shape index (κ2) is 9.22. The lowest BCUT2D eigenvalue weighted by molar-refractivity contribution is -0.115. The maximum absolute atomic E-state index is 12.0. The van der Waals surface area contributed by atoms with Crippen molar-refractivity contribution in [3.63, 3.8) is 0 Å². The van der Waals surface area contributed by atoms with Gasteiger partial charge in [-0.15, -0.1) is 0 Å². The summed E-state index contributed by atoms with van der Waals surface area (Å²) in [7, 11) is 1.60. The maximum Gasteiger partial charge on any atom is 0.250 e. The first-order chi connectivity index (χ1) is 11.6. The van der Waals surface area contributed by atoms with E-state index in [0.29, 0.717) is 30.4 Å². The van der Waals surface area contributed by atoms with Gasteiger partial charge in [0.2, 0.25) is 5.91 Å². The highest BCUT2D eigenvalue weighted by Crippen LogP contribution is 2.16. The minimum absolute atomic E-state index is 0.161. The van der Waals surface area contributed by atoms with Gasteiger partial charge in [0.05, 0.1) is 25.4 Å². The number of anilines is 1. The van der Waals surface area contributed by atoms with Crippen LogP contribution in [0.2, 0.25) is 5.02 Å². The smallest absolute Gasteiger partial charge is 0.250 e. The fourth-order valence-electron chi connectivity index (χ4n) is 2.12. The van der Waals surface area contributed by atoms with E-state index >= 15 is 0 Å². The molecular weight excluding hydrogens is 330 g/mol. The van der Waals surface area contributed by atoms with Crippen LogP contribution in [0.3, 0.4) is 0 Å². The summed E-state index contributed by atoms with van der Waals surface area (Å²) in [6.45, 7) is 1.65. The highest BCUT2D eigenvalue weighted by Gasteiger charge is 2.06. The van der Waals surface area contributed by atoms with E-state index in [9.17, 15) is 9.59 Å². The van der Waals surface area contributed by atoms with Gasteiger partial charge < -0.3 is 19.9 Å². The zero-order chi connectivity index (χ0) is 17.4. The number of benzene rings is 1. The van der Waals surface area contributed by atoms with Crippen molar-refractivity contribution in [1.29, 1.82) is 0 Å². The topological polar surface area (TPSA) is 72.4 Å². The first-order valence-corrected chi connectivity index (χ1v) is 7.91. The summed E-state index contributed by atoms with van der Waals surface area (Å²) in [6.07, 6.45) is 1.61. The van der Waals surface area contributed by atoms with Crippen molar-refractivity contribution in [1.82, 2.24) is 9.88 Å². The first-order valence-electron chi connectivity index (χ1n) is 7.53. The Kier molecular flexibility index (Phi) is 6.99. The largest absolute Gasteiger partial charge is 0.383 e. The molecule has 0 spiro atoms. The summed E-state index contributed by atoms with van der Waals surface area (Å²) in [5, 5.41) is 6.31. The van der Waals surface area contributed by atoms with Crippen molar-refractivity contribution in [3.8, 4) is 0 Å². The average Bonchev–Trinajstić information content (AvgIpc) is 2.57. The van der Waals surface area contributed by atoms with E-state index in [-0.39, 0.29) is 18.0 Å².